The minimum absolute atomic E-state index is 0.0803. The largest absolute Gasteiger partial charge is 0.457 e. The molecule has 5 nitrogen and oxygen atoms in total. The van der Waals surface area contributed by atoms with Crippen LogP contribution in [0.2, 0.25) is 0 Å². The fourth-order valence-electron chi connectivity index (χ4n) is 2.31. The molecular formula is C21H13N3O2. The van der Waals surface area contributed by atoms with Gasteiger partial charge in [0.05, 0.1) is 11.6 Å². The number of hydrogen-bond donors (Lipinski definition) is 1. The van der Waals surface area contributed by atoms with Crippen molar-refractivity contribution >= 4 is 17.7 Å². The lowest BCUT2D eigenvalue weighted by Gasteiger charge is -2.03. The lowest BCUT2D eigenvalue weighted by molar-refractivity contribution is -0.112. The predicted octanol–water partition coefficient (Wildman–Crippen LogP) is 4.36. The first kappa shape index (κ1) is 16.8. The van der Waals surface area contributed by atoms with Crippen LogP contribution in [0, 0.1) is 22.7 Å². The maximum Gasteiger partial charge on any atom is 0.266 e. The van der Waals surface area contributed by atoms with Crippen molar-refractivity contribution in [1.29, 1.82) is 10.5 Å². The van der Waals surface area contributed by atoms with Gasteiger partial charge >= 0.3 is 0 Å². The number of carbonyl (C=O) groups excluding carboxylic acids is 1. The molecule has 0 bridgehead atoms. The molecule has 3 rings (SSSR count). The third kappa shape index (κ3) is 3.87. The van der Waals surface area contributed by atoms with Gasteiger partial charge < -0.3 is 9.73 Å². The van der Waals surface area contributed by atoms with Gasteiger partial charge in [-0.1, -0.05) is 30.3 Å². The van der Waals surface area contributed by atoms with E-state index in [9.17, 15) is 10.1 Å². The first-order chi connectivity index (χ1) is 12.7. The van der Waals surface area contributed by atoms with E-state index >= 15 is 0 Å². The molecule has 124 valence electrons. The smallest absolute Gasteiger partial charge is 0.266 e. The average Bonchev–Trinajstić information content (AvgIpc) is 3.16. The lowest BCUT2D eigenvalue weighted by atomic mass is 10.2. The molecule has 0 aliphatic rings. The molecule has 0 atom stereocenters. The van der Waals surface area contributed by atoms with E-state index in [-0.39, 0.29) is 5.57 Å². The molecule has 1 amide bonds. The second kappa shape index (κ2) is 7.65. The summed E-state index contributed by atoms with van der Waals surface area (Å²) in [7, 11) is 0. The average molecular weight is 339 g/mol. The molecule has 2 aromatic carbocycles. The zero-order valence-electron chi connectivity index (χ0n) is 13.6. The summed E-state index contributed by atoms with van der Waals surface area (Å²) in [6, 6.07) is 23.3. The Morgan fingerprint density at radius 1 is 0.962 bits per heavy atom. The van der Waals surface area contributed by atoms with Crippen LogP contribution in [-0.4, -0.2) is 5.91 Å². The van der Waals surface area contributed by atoms with Gasteiger partial charge in [0.25, 0.3) is 5.91 Å². The van der Waals surface area contributed by atoms with Crippen molar-refractivity contribution < 1.29 is 9.21 Å². The van der Waals surface area contributed by atoms with E-state index in [0.717, 1.165) is 5.56 Å². The van der Waals surface area contributed by atoms with Crippen molar-refractivity contribution in [3.63, 3.8) is 0 Å². The van der Waals surface area contributed by atoms with Crippen LogP contribution >= 0.6 is 0 Å². The molecule has 1 N–H and O–H groups in total. The van der Waals surface area contributed by atoms with E-state index in [1.165, 1.54) is 6.08 Å². The molecule has 0 unspecified atom stereocenters. The summed E-state index contributed by atoms with van der Waals surface area (Å²) >= 11 is 0. The van der Waals surface area contributed by atoms with Gasteiger partial charge in [-0.25, -0.2) is 0 Å². The van der Waals surface area contributed by atoms with E-state index < -0.39 is 5.91 Å². The molecule has 1 heterocycles. The van der Waals surface area contributed by atoms with E-state index in [0.29, 0.717) is 22.8 Å². The zero-order valence-corrected chi connectivity index (χ0v) is 13.6. The Labute approximate surface area is 150 Å². The summed E-state index contributed by atoms with van der Waals surface area (Å²) in [6.45, 7) is 0. The highest BCUT2D eigenvalue weighted by Crippen LogP contribution is 2.23. The molecular weight excluding hydrogens is 326 g/mol. The second-order valence-electron chi connectivity index (χ2n) is 5.38. The number of carbonyl (C=O) groups is 1. The Morgan fingerprint density at radius 3 is 2.35 bits per heavy atom. The summed E-state index contributed by atoms with van der Waals surface area (Å²) in [5.74, 6) is 0.520. The van der Waals surface area contributed by atoms with Crippen LogP contribution in [0.25, 0.3) is 17.4 Å². The van der Waals surface area contributed by atoms with Crippen LogP contribution in [0.5, 0.6) is 0 Å². The molecule has 5 heteroatoms. The third-order valence-electron chi connectivity index (χ3n) is 3.61. The van der Waals surface area contributed by atoms with Crippen LogP contribution in [0.15, 0.2) is 76.7 Å². The van der Waals surface area contributed by atoms with Gasteiger partial charge in [0.15, 0.2) is 0 Å². The quantitative estimate of drug-likeness (QED) is 0.565. The fraction of sp³-hybridized carbons (Fsp3) is 0. The third-order valence-corrected chi connectivity index (χ3v) is 3.61. The highest BCUT2D eigenvalue weighted by atomic mass is 16.3. The van der Waals surface area contributed by atoms with Crippen molar-refractivity contribution in [3.05, 3.63) is 83.6 Å². The van der Waals surface area contributed by atoms with Crippen molar-refractivity contribution in [2.75, 3.05) is 5.32 Å². The molecule has 0 fully saturated rings. The second-order valence-corrected chi connectivity index (χ2v) is 5.38. The molecule has 26 heavy (non-hydrogen) atoms. The summed E-state index contributed by atoms with van der Waals surface area (Å²) in [4.78, 5) is 12.3. The fourth-order valence-corrected chi connectivity index (χ4v) is 2.31. The summed E-state index contributed by atoms with van der Waals surface area (Å²) < 4.78 is 5.69. The minimum atomic E-state index is -0.546. The molecule has 3 aromatic rings. The SMILES string of the molecule is N#CC(=Cc1ccc(-c2ccccc2)o1)C(=O)Nc1ccc(C#N)cc1. The highest BCUT2D eigenvalue weighted by Gasteiger charge is 2.11. The van der Waals surface area contributed by atoms with Gasteiger partial charge in [0.2, 0.25) is 0 Å². The lowest BCUT2D eigenvalue weighted by Crippen LogP contribution is -2.13. The molecule has 0 radical (unpaired) electrons. The number of hydrogen-bond acceptors (Lipinski definition) is 4. The first-order valence-electron chi connectivity index (χ1n) is 7.78. The van der Waals surface area contributed by atoms with Crippen molar-refractivity contribution in [1.82, 2.24) is 0 Å². The Hall–Kier alpha value is -4.09. The van der Waals surface area contributed by atoms with Crippen LogP contribution in [0.3, 0.4) is 0 Å². The van der Waals surface area contributed by atoms with E-state index in [1.54, 1.807) is 36.4 Å². The number of amides is 1. The monoisotopic (exact) mass is 339 g/mol. The number of nitriles is 2. The van der Waals surface area contributed by atoms with Crippen molar-refractivity contribution in [3.8, 4) is 23.5 Å². The van der Waals surface area contributed by atoms with Crippen LogP contribution in [0.1, 0.15) is 11.3 Å². The number of nitrogens with one attached hydrogen (secondary N) is 1. The summed E-state index contributed by atoms with van der Waals surface area (Å²) in [5.41, 5.74) is 1.82. The number of nitrogens with zero attached hydrogens (tertiary/aromatic N) is 2. The van der Waals surface area contributed by atoms with Gasteiger partial charge in [-0.15, -0.1) is 0 Å². The van der Waals surface area contributed by atoms with Gasteiger partial charge in [-0.2, -0.15) is 10.5 Å². The topological polar surface area (TPSA) is 89.8 Å². The summed E-state index contributed by atoms with van der Waals surface area (Å²) in [5, 5.41) is 20.7. The number of benzene rings is 2. The van der Waals surface area contributed by atoms with Gasteiger partial charge in [0.1, 0.15) is 23.2 Å². The highest BCUT2D eigenvalue weighted by molar-refractivity contribution is 6.09. The molecule has 0 spiro atoms. The van der Waals surface area contributed by atoms with E-state index in [2.05, 4.69) is 5.32 Å². The number of rotatable bonds is 4. The van der Waals surface area contributed by atoms with E-state index in [4.69, 9.17) is 9.68 Å². The van der Waals surface area contributed by atoms with Crippen LogP contribution in [0.4, 0.5) is 5.69 Å². The molecule has 0 aliphatic carbocycles. The minimum Gasteiger partial charge on any atom is -0.457 e. The normalized spacial score (nSPS) is 10.6. The van der Waals surface area contributed by atoms with Gasteiger partial charge in [-0.05, 0) is 36.4 Å². The number of anilines is 1. The van der Waals surface area contributed by atoms with Gasteiger partial charge in [-0.3, -0.25) is 4.79 Å². The van der Waals surface area contributed by atoms with Crippen molar-refractivity contribution in [2.45, 2.75) is 0 Å². The zero-order chi connectivity index (χ0) is 18.4. The Balaban J connectivity index is 1.77. The van der Waals surface area contributed by atoms with Crippen LogP contribution < -0.4 is 5.32 Å². The molecule has 1 aromatic heterocycles. The molecule has 0 saturated carbocycles. The van der Waals surface area contributed by atoms with Crippen LogP contribution in [-0.2, 0) is 4.79 Å². The molecule has 0 saturated heterocycles. The Bertz CT molecular complexity index is 1030. The van der Waals surface area contributed by atoms with E-state index in [1.807, 2.05) is 42.5 Å². The predicted molar refractivity (Wildman–Crippen MR) is 97.5 cm³/mol. The maximum absolute atomic E-state index is 12.3. The first-order valence-corrected chi connectivity index (χ1v) is 7.78. The maximum atomic E-state index is 12.3. The summed E-state index contributed by atoms with van der Waals surface area (Å²) in [6.07, 6.45) is 1.39. The number of furan rings is 1. The van der Waals surface area contributed by atoms with Crippen molar-refractivity contribution in [2.24, 2.45) is 0 Å². The Morgan fingerprint density at radius 2 is 1.69 bits per heavy atom. The Kier molecular flexibility index (Phi) is 4.93. The standard InChI is InChI=1S/C21H13N3O2/c22-13-15-6-8-18(9-7-15)24-21(25)17(14-23)12-19-10-11-20(26-19)16-4-2-1-3-5-16/h1-12H,(H,24,25). The van der Waals surface area contributed by atoms with Gasteiger partial charge in [0, 0.05) is 17.3 Å². The molecule has 0 aliphatic heterocycles.